The molecule has 1 aromatic heterocycles. The number of rotatable bonds is 3. The first kappa shape index (κ1) is 15.1. The smallest absolute Gasteiger partial charge is 0.336 e. The first-order valence-corrected chi connectivity index (χ1v) is 7.76. The van der Waals surface area contributed by atoms with Crippen LogP contribution in [0.3, 0.4) is 0 Å². The van der Waals surface area contributed by atoms with Gasteiger partial charge in [-0.2, -0.15) is 0 Å². The van der Waals surface area contributed by atoms with E-state index in [2.05, 4.69) is 0 Å². The third-order valence-corrected chi connectivity index (χ3v) is 3.83. The van der Waals surface area contributed by atoms with E-state index in [4.69, 9.17) is 9.15 Å². The van der Waals surface area contributed by atoms with E-state index in [0.717, 1.165) is 21.9 Å². The van der Waals surface area contributed by atoms with Crippen LogP contribution in [0.4, 0.5) is 4.39 Å². The first-order chi connectivity index (χ1) is 12.2. The number of fused-ring (bicyclic) bond motifs is 3. The lowest BCUT2D eigenvalue weighted by atomic mass is 10.1. The normalized spacial score (nSPS) is 11.4. The van der Waals surface area contributed by atoms with Gasteiger partial charge in [0.25, 0.3) is 0 Å². The molecule has 122 valence electrons. The average Bonchev–Trinajstić information content (AvgIpc) is 2.98. The van der Waals surface area contributed by atoms with Crippen LogP contribution in [-0.4, -0.2) is 5.97 Å². The fourth-order valence-corrected chi connectivity index (χ4v) is 2.69. The van der Waals surface area contributed by atoms with Gasteiger partial charge in [0, 0.05) is 16.8 Å². The molecule has 0 amide bonds. The Hall–Kier alpha value is -3.40. The quantitative estimate of drug-likeness (QED) is 0.289. The second-order valence-electron chi connectivity index (χ2n) is 5.57. The molecule has 3 nitrogen and oxygen atoms in total. The average molecular weight is 332 g/mol. The van der Waals surface area contributed by atoms with Crippen molar-refractivity contribution in [2.45, 2.75) is 0 Å². The predicted molar refractivity (Wildman–Crippen MR) is 94.8 cm³/mol. The zero-order chi connectivity index (χ0) is 17.2. The van der Waals surface area contributed by atoms with Crippen molar-refractivity contribution in [3.8, 4) is 5.75 Å². The van der Waals surface area contributed by atoms with Crippen LogP contribution in [0.15, 0.2) is 77.2 Å². The Labute approximate surface area is 142 Å². The van der Waals surface area contributed by atoms with Gasteiger partial charge in [0.15, 0.2) is 0 Å². The maximum Gasteiger partial charge on any atom is 0.336 e. The number of carbonyl (C=O) groups excluding carboxylic acids is 1. The first-order valence-electron chi connectivity index (χ1n) is 7.76. The Morgan fingerprint density at radius 2 is 1.76 bits per heavy atom. The standard InChI is InChI=1S/C21H13FO3/c22-15-5-3-4-14(12-15)8-11-21(23)24-16-9-10-20-18(13-16)17-6-1-2-7-19(17)25-20/h1-13H. The van der Waals surface area contributed by atoms with Crippen LogP contribution in [0.2, 0.25) is 0 Å². The number of esters is 1. The second-order valence-corrected chi connectivity index (χ2v) is 5.57. The Kier molecular flexibility index (Phi) is 3.78. The summed E-state index contributed by atoms with van der Waals surface area (Å²) < 4.78 is 24.2. The molecule has 4 rings (SSSR count). The monoisotopic (exact) mass is 332 g/mol. The number of para-hydroxylation sites is 1. The number of carbonyl (C=O) groups is 1. The molecule has 0 atom stereocenters. The van der Waals surface area contributed by atoms with E-state index >= 15 is 0 Å². The minimum absolute atomic E-state index is 0.354. The topological polar surface area (TPSA) is 39.4 Å². The molecule has 0 N–H and O–H groups in total. The Morgan fingerprint density at radius 1 is 0.920 bits per heavy atom. The minimum Gasteiger partial charge on any atom is -0.456 e. The molecule has 4 aromatic rings. The summed E-state index contributed by atoms with van der Waals surface area (Å²) in [5.41, 5.74) is 2.11. The molecule has 0 aliphatic rings. The van der Waals surface area contributed by atoms with Crippen LogP contribution >= 0.6 is 0 Å². The maximum absolute atomic E-state index is 13.1. The summed E-state index contributed by atoms with van der Waals surface area (Å²) in [4.78, 5) is 12.0. The summed E-state index contributed by atoms with van der Waals surface area (Å²) in [7, 11) is 0. The lowest BCUT2D eigenvalue weighted by Gasteiger charge is -2.01. The van der Waals surface area contributed by atoms with Gasteiger partial charge in [0.2, 0.25) is 0 Å². The lowest BCUT2D eigenvalue weighted by Crippen LogP contribution is -2.03. The molecule has 0 aliphatic heterocycles. The molecule has 1 heterocycles. The summed E-state index contributed by atoms with van der Waals surface area (Å²) in [6, 6.07) is 18.9. The Morgan fingerprint density at radius 3 is 2.64 bits per heavy atom. The van der Waals surface area contributed by atoms with Gasteiger partial charge in [-0.25, -0.2) is 9.18 Å². The Balaban J connectivity index is 1.57. The van der Waals surface area contributed by atoms with Crippen LogP contribution in [0.25, 0.3) is 28.0 Å². The molecule has 0 saturated heterocycles. The van der Waals surface area contributed by atoms with Crippen LogP contribution < -0.4 is 4.74 Å². The second kappa shape index (κ2) is 6.24. The van der Waals surface area contributed by atoms with Crippen molar-refractivity contribution in [3.05, 3.63) is 84.2 Å². The Bertz CT molecular complexity index is 1110. The van der Waals surface area contributed by atoms with E-state index in [1.807, 2.05) is 24.3 Å². The van der Waals surface area contributed by atoms with Crippen LogP contribution in [-0.2, 0) is 4.79 Å². The van der Waals surface area contributed by atoms with Crippen molar-refractivity contribution < 1.29 is 18.3 Å². The molecule has 0 bridgehead atoms. The minimum atomic E-state index is -0.531. The molecule has 0 unspecified atom stereocenters. The molecule has 0 saturated carbocycles. The lowest BCUT2D eigenvalue weighted by molar-refractivity contribution is -0.128. The van der Waals surface area contributed by atoms with Gasteiger partial charge in [-0.05, 0) is 48.0 Å². The van der Waals surface area contributed by atoms with E-state index < -0.39 is 5.97 Å². The molecule has 4 heteroatoms. The zero-order valence-electron chi connectivity index (χ0n) is 13.1. The van der Waals surface area contributed by atoms with E-state index in [9.17, 15) is 9.18 Å². The van der Waals surface area contributed by atoms with E-state index in [1.165, 1.54) is 24.3 Å². The highest BCUT2D eigenvalue weighted by Gasteiger charge is 2.08. The molecular formula is C21H13FO3. The number of hydrogen-bond donors (Lipinski definition) is 0. The van der Waals surface area contributed by atoms with Crippen molar-refractivity contribution in [3.63, 3.8) is 0 Å². The third kappa shape index (κ3) is 3.15. The number of furan rings is 1. The molecular weight excluding hydrogens is 319 g/mol. The van der Waals surface area contributed by atoms with Crippen molar-refractivity contribution in [1.29, 1.82) is 0 Å². The van der Waals surface area contributed by atoms with Gasteiger partial charge in [-0.15, -0.1) is 0 Å². The van der Waals surface area contributed by atoms with Crippen LogP contribution in [0.5, 0.6) is 5.75 Å². The number of ether oxygens (including phenoxy) is 1. The summed E-state index contributed by atoms with van der Waals surface area (Å²) in [5.74, 6) is -0.461. The van der Waals surface area contributed by atoms with Crippen molar-refractivity contribution in [2.75, 3.05) is 0 Å². The molecule has 0 spiro atoms. The molecule has 0 fully saturated rings. The van der Waals surface area contributed by atoms with Crippen LogP contribution in [0.1, 0.15) is 5.56 Å². The van der Waals surface area contributed by atoms with Crippen molar-refractivity contribution in [1.82, 2.24) is 0 Å². The van der Waals surface area contributed by atoms with Crippen molar-refractivity contribution in [2.24, 2.45) is 0 Å². The largest absolute Gasteiger partial charge is 0.456 e. The zero-order valence-corrected chi connectivity index (χ0v) is 13.1. The van der Waals surface area contributed by atoms with Gasteiger partial charge in [-0.1, -0.05) is 30.3 Å². The number of halogens is 1. The summed E-state index contributed by atoms with van der Waals surface area (Å²) in [6.07, 6.45) is 2.78. The van der Waals surface area contributed by atoms with Gasteiger partial charge >= 0.3 is 5.97 Å². The number of benzene rings is 3. The summed E-state index contributed by atoms with van der Waals surface area (Å²) in [6.45, 7) is 0. The van der Waals surface area contributed by atoms with Gasteiger partial charge < -0.3 is 9.15 Å². The molecule has 3 aromatic carbocycles. The highest BCUT2D eigenvalue weighted by Crippen LogP contribution is 2.31. The fraction of sp³-hybridized carbons (Fsp3) is 0. The highest BCUT2D eigenvalue weighted by atomic mass is 19.1. The predicted octanol–water partition coefficient (Wildman–Crippen LogP) is 5.34. The van der Waals surface area contributed by atoms with Crippen LogP contribution in [0, 0.1) is 5.82 Å². The van der Waals surface area contributed by atoms with E-state index in [-0.39, 0.29) is 5.82 Å². The molecule has 0 aliphatic carbocycles. The number of hydrogen-bond acceptors (Lipinski definition) is 3. The highest BCUT2D eigenvalue weighted by molar-refractivity contribution is 6.05. The van der Waals surface area contributed by atoms with Gasteiger partial charge in [0.1, 0.15) is 22.7 Å². The molecule has 25 heavy (non-hydrogen) atoms. The van der Waals surface area contributed by atoms with E-state index in [1.54, 1.807) is 30.3 Å². The SMILES string of the molecule is O=C(C=Cc1cccc(F)c1)Oc1ccc2oc3ccccc3c2c1. The fourth-order valence-electron chi connectivity index (χ4n) is 2.69. The maximum atomic E-state index is 13.1. The molecule has 0 radical (unpaired) electrons. The van der Waals surface area contributed by atoms with Crippen molar-refractivity contribution >= 4 is 34.0 Å². The third-order valence-electron chi connectivity index (χ3n) is 3.83. The van der Waals surface area contributed by atoms with E-state index in [0.29, 0.717) is 11.3 Å². The summed E-state index contributed by atoms with van der Waals surface area (Å²) >= 11 is 0. The summed E-state index contributed by atoms with van der Waals surface area (Å²) in [5, 5.41) is 1.85. The van der Waals surface area contributed by atoms with Gasteiger partial charge in [0.05, 0.1) is 0 Å². The van der Waals surface area contributed by atoms with Gasteiger partial charge in [-0.3, -0.25) is 0 Å².